The lowest BCUT2D eigenvalue weighted by molar-refractivity contribution is -0.914. The van der Waals surface area contributed by atoms with Gasteiger partial charge in [-0.3, -0.25) is 0 Å². The molecule has 2 heterocycles. The predicted octanol–water partition coefficient (Wildman–Crippen LogP) is 2.60. The maximum Gasteiger partial charge on any atom is 0.336 e. The number of rotatable bonds is 6. The van der Waals surface area contributed by atoms with Crippen LogP contribution in [0.5, 0.6) is 11.5 Å². The standard InChI is InChI=1S/C23H25NO4/c1-3-16-9-10-19-17(12-23(25)28-22(19)11-16)13-24(4-2)14-18-15-26-20-7-5-6-8-21(20)27-18/h5-12,18H,3-4,13-15H2,1-2H3/p+1/t18-/m0/s1. The van der Waals surface area contributed by atoms with E-state index in [0.717, 1.165) is 48.5 Å². The molecule has 0 spiro atoms. The van der Waals surface area contributed by atoms with Crippen molar-refractivity contribution in [3.8, 4) is 11.5 Å². The van der Waals surface area contributed by atoms with Gasteiger partial charge in [-0.1, -0.05) is 31.2 Å². The number of nitrogens with one attached hydrogen (secondary N) is 1. The Morgan fingerprint density at radius 3 is 2.68 bits per heavy atom. The van der Waals surface area contributed by atoms with Crippen LogP contribution in [-0.2, 0) is 13.0 Å². The Morgan fingerprint density at radius 2 is 1.89 bits per heavy atom. The average Bonchev–Trinajstić information content (AvgIpc) is 2.72. The first kappa shape index (κ1) is 18.6. The predicted molar refractivity (Wildman–Crippen MR) is 108 cm³/mol. The molecule has 1 aliphatic rings. The molecule has 2 aromatic carbocycles. The molecule has 0 radical (unpaired) electrons. The number of fused-ring (bicyclic) bond motifs is 2. The zero-order valence-corrected chi connectivity index (χ0v) is 16.4. The van der Waals surface area contributed by atoms with E-state index >= 15 is 0 Å². The van der Waals surface area contributed by atoms with Gasteiger partial charge in [0.05, 0.1) is 6.54 Å². The fourth-order valence-electron chi connectivity index (χ4n) is 3.74. The highest BCUT2D eigenvalue weighted by atomic mass is 16.6. The van der Waals surface area contributed by atoms with E-state index in [-0.39, 0.29) is 11.7 Å². The molecule has 146 valence electrons. The van der Waals surface area contributed by atoms with Crippen molar-refractivity contribution in [2.75, 3.05) is 19.7 Å². The second-order valence-electron chi connectivity index (χ2n) is 7.26. The normalized spacial score (nSPS) is 16.9. The van der Waals surface area contributed by atoms with Crippen LogP contribution in [0.3, 0.4) is 0 Å². The highest BCUT2D eigenvalue weighted by Gasteiger charge is 2.25. The Hall–Kier alpha value is -2.79. The summed E-state index contributed by atoms with van der Waals surface area (Å²) in [6.07, 6.45) is 0.902. The Kier molecular flexibility index (Phi) is 5.35. The third kappa shape index (κ3) is 3.90. The molecule has 1 aliphatic heterocycles. The molecule has 0 fully saturated rings. The van der Waals surface area contributed by atoms with Gasteiger partial charge in [0.1, 0.15) is 25.3 Å². The summed E-state index contributed by atoms with van der Waals surface area (Å²) in [6.45, 7) is 7.26. The van der Waals surface area contributed by atoms with Crippen LogP contribution in [0.1, 0.15) is 25.0 Å². The number of hydrogen-bond acceptors (Lipinski definition) is 4. The number of ether oxygens (including phenoxy) is 2. The highest BCUT2D eigenvalue weighted by Crippen LogP contribution is 2.30. The molecular formula is C23H26NO4+. The van der Waals surface area contributed by atoms with Crippen molar-refractivity contribution in [3.05, 3.63) is 70.1 Å². The van der Waals surface area contributed by atoms with E-state index in [9.17, 15) is 4.79 Å². The molecule has 0 saturated carbocycles. The molecule has 4 rings (SSSR count). The van der Waals surface area contributed by atoms with Crippen LogP contribution in [0, 0.1) is 0 Å². The van der Waals surface area contributed by atoms with Gasteiger partial charge in [-0.15, -0.1) is 0 Å². The van der Waals surface area contributed by atoms with E-state index in [2.05, 4.69) is 26.0 Å². The fourth-order valence-corrected chi connectivity index (χ4v) is 3.74. The quantitative estimate of drug-likeness (QED) is 0.668. The summed E-state index contributed by atoms with van der Waals surface area (Å²) in [7, 11) is 0. The van der Waals surface area contributed by atoms with Crippen LogP contribution in [-0.4, -0.2) is 25.8 Å². The number of benzene rings is 2. The summed E-state index contributed by atoms with van der Waals surface area (Å²) >= 11 is 0. The second kappa shape index (κ2) is 8.07. The molecule has 0 bridgehead atoms. The maximum absolute atomic E-state index is 12.1. The zero-order valence-electron chi connectivity index (χ0n) is 16.4. The summed E-state index contributed by atoms with van der Waals surface area (Å²) < 4.78 is 17.4. The van der Waals surface area contributed by atoms with Gasteiger partial charge in [0.15, 0.2) is 17.6 Å². The second-order valence-corrected chi connectivity index (χ2v) is 7.26. The van der Waals surface area contributed by atoms with Gasteiger partial charge in [-0.05, 0) is 37.1 Å². The summed E-state index contributed by atoms with van der Waals surface area (Å²) in [6, 6.07) is 15.5. The molecule has 0 saturated heterocycles. The largest absolute Gasteiger partial charge is 0.486 e. The van der Waals surface area contributed by atoms with Crippen molar-refractivity contribution in [1.82, 2.24) is 0 Å². The SMILES string of the molecule is CCc1ccc2c(C[NH+](CC)C[C@H]3COc4ccccc4O3)cc(=O)oc2c1. The van der Waals surface area contributed by atoms with Crippen molar-refractivity contribution >= 4 is 11.0 Å². The molecule has 1 aromatic heterocycles. The molecule has 28 heavy (non-hydrogen) atoms. The fraction of sp³-hybridized carbons (Fsp3) is 0.348. The van der Waals surface area contributed by atoms with E-state index in [0.29, 0.717) is 12.2 Å². The minimum Gasteiger partial charge on any atom is -0.486 e. The van der Waals surface area contributed by atoms with Crippen LogP contribution < -0.4 is 20.0 Å². The molecule has 0 aliphatic carbocycles. The smallest absolute Gasteiger partial charge is 0.336 e. The summed E-state index contributed by atoms with van der Waals surface area (Å²) in [5, 5.41) is 1.01. The van der Waals surface area contributed by atoms with E-state index in [1.54, 1.807) is 6.07 Å². The Balaban J connectivity index is 1.53. The van der Waals surface area contributed by atoms with Crippen LogP contribution in [0.2, 0.25) is 0 Å². The summed E-state index contributed by atoms with van der Waals surface area (Å²) in [4.78, 5) is 13.4. The van der Waals surface area contributed by atoms with Gasteiger partial charge in [0, 0.05) is 17.0 Å². The van der Waals surface area contributed by atoms with E-state index in [1.807, 2.05) is 30.3 Å². The van der Waals surface area contributed by atoms with Gasteiger partial charge < -0.3 is 18.8 Å². The lowest BCUT2D eigenvalue weighted by atomic mass is 10.1. The number of para-hydroxylation sites is 2. The lowest BCUT2D eigenvalue weighted by Crippen LogP contribution is -3.11. The molecule has 0 amide bonds. The average molecular weight is 380 g/mol. The third-order valence-corrected chi connectivity index (χ3v) is 5.33. The molecule has 1 N–H and O–H groups in total. The topological polar surface area (TPSA) is 53.1 Å². The van der Waals surface area contributed by atoms with Crippen molar-refractivity contribution in [3.63, 3.8) is 0 Å². The van der Waals surface area contributed by atoms with Crippen LogP contribution in [0.15, 0.2) is 57.7 Å². The van der Waals surface area contributed by atoms with Crippen molar-refractivity contribution in [1.29, 1.82) is 0 Å². The number of aryl methyl sites for hydroxylation is 1. The van der Waals surface area contributed by atoms with Crippen LogP contribution in [0.4, 0.5) is 0 Å². The minimum atomic E-state index is -0.294. The van der Waals surface area contributed by atoms with Crippen LogP contribution in [0.25, 0.3) is 11.0 Å². The molecular weight excluding hydrogens is 354 g/mol. The van der Waals surface area contributed by atoms with Gasteiger partial charge in [-0.25, -0.2) is 4.79 Å². The van der Waals surface area contributed by atoms with E-state index in [1.165, 1.54) is 10.5 Å². The van der Waals surface area contributed by atoms with Crippen molar-refractivity contribution in [2.24, 2.45) is 0 Å². The zero-order chi connectivity index (χ0) is 19.5. The first-order chi connectivity index (χ1) is 13.7. The molecule has 1 unspecified atom stereocenters. The van der Waals surface area contributed by atoms with Gasteiger partial charge in [-0.2, -0.15) is 0 Å². The lowest BCUT2D eigenvalue weighted by Gasteiger charge is -2.29. The first-order valence-electron chi connectivity index (χ1n) is 9.94. The van der Waals surface area contributed by atoms with Crippen LogP contribution >= 0.6 is 0 Å². The third-order valence-electron chi connectivity index (χ3n) is 5.33. The monoisotopic (exact) mass is 380 g/mol. The van der Waals surface area contributed by atoms with E-state index in [4.69, 9.17) is 13.9 Å². The van der Waals surface area contributed by atoms with Gasteiger partial charge in [0.2, 0.25) is 0 Å². The molecule has 3 aromatic rings. The minimum absolute atomic E-state index is 0.0112. The summed E-state index contributed by atoms with van der Waals surface area (Å²) in [5.41, 5.74) is 2.56. The first-order valence-corrected chi connectivity index (χ1v) is 9.94. The number of quaternary nitrogens is 1. The number of hydrogen-bond donors (Lipinski definition) is 1. The molecule has 5 nitrogen and oxygen atoms in total. The van der Waals surface area contributed by atoms with Crippen molar-refractivity contribution in [2.45, 2.75) is 32.9 Å². The summed E-state index contributed by atoms with van der Waals surface area (Å²) in [5.74, 6) is 1.60. The van der Waals surface area contributed by atoms with Gasteiger partial charge >= 0.3 is 5.63 Å². The Labute approximate surface area is 164 Å². The Morgan fingerprint density at radius 1 is 1.07 bits per heavy atom. The van der Waals surface area contributed by atoms with Gasteiger partial charge in [0.25, 0.3) is 0 Å². The van der Waals surface area contributed by atoms with E-state index < -0.39 is 0 Å². The molecule has 5 heteroatoms. The molecule has 2 atom stereocenters. The number of likely N-dealkylation sites (N-methyl/N-ethyl adjacent to an activating group) is 1. The highest BCUT2D eigenvalue weighted by molar-refractivity contribution is 5.80. The van der Waals surface area contributed by atoms with Crippen molar-refractivity contribution < 1.29 is 18.8 Å². The maximum atomic E-state index is 12.1. The Bertz CT molecular complexity index is 1030.